The lowest BCUT2D eigenvalue weighted by Crippen LogP contribution is -2.37. The van der Waals surface area contributed by atoms with Crippen LogP contribution >= 0.6 is 23.2 Å². The van der Waals surface area contributed by atoms with E-state index in [0.29, 0.717) is 39.0 Å². The third-order valence-electron chi connectivity index (χ3n) is 3.68. The van der Waals surface area contributed by atoms with Crippen molar-refractivity contribution in [2.45, 2.75) is 19.8 Å². The van der Waals surface area contributed by atoms with E-state index in [0.717, 1.165) is 6.07 Å². The molecule has 0 aliphatic carbocycles. The van der Waals surface area contributed by atoms with Crippen molar-refractivity contribution in [1.29, 1.82) is 0 Å². The monoisotopic (exact) mass is 346 g/mol. The van der Waals surface area contributed by atoms with Crippen molar-refractivity contribution in [3.8, 4) is 0 Å². The number of hydrogen-bond donors (Lipinski definition) is 0. The Morgan fingerprint density at radius 1 is 1.09 bits per heavy atom. The Labute approximate surface area is 138 Å². The van der Waals surface area contributed by atoms with Gasteiger partial charge in [0.05, 0.1) is 15.6 Å². The van der Waals surface area contributed by atoms with Gasteiger partial charge in [-0.05, 0) is 18.6 Å². The van der Waals surface area contributed by atoms with Crippen molar-refractivity contribution >= 4 is 35.0 Å². The van der Waals surface area contributed by atoms with Gasteiger partial charge in [-0.2, -0.15) is 0 Å². The molecule has 1 aromatic rings. The molecular weight excluding hydrogens is 330 g/mol. The molecule has 2 amide bonds. The van der Waals surface area contributed by atoms with Crippen LogP contribution in [0, 0.1) is 5.82 Å². The number of carbonyl (C=O) groups excluding carboxylic acids is 2. The molecule has 22 heavy (non-hydrogen) atoms. The minimum absolute atomic E-state index is 0.0740. The highest BCUT2D eigenvalue weighted by atomic mass is 35.5. The molecule has 1 aromatic carbocycles. The molecule has 0 N–H and O–H groups in total. The number of halogens is 3. The lowest BCUT2D eigenvalue weighted by atomic mass is 10.2. The van der Waals surface area contributed by atoms with Gasteiger partial charge in [0.1, 0.15) is 5.82 Å². The molecule has 1 saturated heterocycles. The highest BCUT2D eigenvalue weighted by Crippen LogP contribution is 2.25. The quantitative estimate of drug-likeness (QED) is 0.771. The van der Waals surface area contributed by atoms with E-state index in [-0.39, 0.29) is 27.4 Å². The molecule has 0 spiro atoms. The number of nitrogens with zero attached hydrogens (tertiary/aromatic N) is 2. The predicted molar refractivity (Wildman–Crippen MR) is 83.8 cm³/mol. The maximum absolute atomic E-state index is 13.6. The molecule has 0 aromatic heterocycles. The standard InChI is InChI=1S/C15H17Cl2FN2O2/c1-2-14(21)19-4-3-5-20(7-6-19)15(22)10-8-13(18)12(17)9-11(10)16/h8-9H,2-7H2,1H3. The van der Waals surface area contributed by atoms with Crippen LogP contribution in [0.15, 0.2) is 12.1 Å². The maximum Gasteiger partial charge on any atom is 0.255 e. The Morgan fingerprint density at radius 2 is 1.73 bits per heavy atom. The smallest absolute Gasteiger partial charge is 0.255 e. The molecule has 0 saturated carbocycles. The second kappa shape index (κ2) is 7.29. The number of benzene rings is 1. The molecule has 120 valence electrons. The first-order chi connectivity index (χ1) is 10.4. The summed E-state index contributed by atoms with van der Waals surface area (Å²) in [4.78, 5) is 27.6. The van der Waals surface area contributed by atoms with Crippen molar-refractivity contribution in [2.24, 2.45) is 0 Å². The van der Waals surface area contributed by atoms with Crippen molar-refractivity contribution in [3.05, 3.63) is 33.6 Å². The molecule has 0 radical (unpaired) electrons. The molecule has 2 rings (SSSR count). The molecule has 0 bridgehead atoms. The Morgan fingerprint density at radius 3 is 2.41 bits per heavy atom. The largest absolute Gasteiger partial charge is 0.341 e. The van der Waals surface area contributed by atoms with Crippen LogP contribution in [0.25, 0.3) is 0 Å². The normalized spacial score (nSPS) is 15.6. The molecule has 4 nitrogen and oxygen atoms in total. The molecule has 1 aliphatic rings. The second-order valence-corrected chi connectivity index (χ2v) is 5.94. The summed E-state index contributed by atoms with van der Waals surface area (Å²) < 4.78 is 13.6. The fraction of sp³-hybridized carbons (Fsp3) is 0.467. The van der Waals surface area contributed by atoms with Crippen LogP contribution in [0.1, 0.15) is 30.1 Å². The fourth-order valence-corrected chi connectivity index (χ4v) is 2.91. The van der Waals surface area contributed by atoms with Crippen molar-refractivity contribution in [3.63, 3.8) is 0 Å². The molecular formula is C15H17Cl2FN2O2. The lowest BCUT2D eigenvalue weighted by molar-refractivity contribution is -0.130. The summed E-state index contributed by atoms with van der Waals surface area (Å²) in [5.41, 5.74) is 0.0961. The first-order valence-corrected chi connectivity index (χ1v) is 7.91. The van der Waals surface area contributed by atoms with Crippen LogP contribution < -0.4 is 0 Å². The van der Waals surface area contributed by atoms with Crippen LogP contribution in [0.5, 0.6) is 0 Å². The van der Waals surface area contributed by atoms with Gasteiger partial charge < -0.3 is 9.80 Å². The van der Waals surface area contributed by atoms with Gasteiger partial charge in [-0.15, -0.1) is 0 Å². The van der Waals surface area contributed by atoms with Gasteiger partial charge in [-0.1, -0.05) is 30.1 Å². The number of hydrogen-bond acceptors (Lipinski definition) is 2. The third-order valence-corrected chi connectivity index (χ3v) is 4.28. The average molecular weight is 347 g/mol. The van der Waals surface area contributed by atoms with Crippen LogP contribution in [-0.4, -0.2) is 47.8 Å². The van der Waals surface area contributed by atoms with Gasteiger partial charge in [-0.25, -0.2) is 4.39 Å². The molecule has 1 aliphatic heterocycles. The topological polar surface area (TPSA) is 40.6 Å². The lowest BCUT2D eigenvalue weighted by Gasteiger charge is -2.22. The number of amides is 2. The van der Waals surface area contributed by atoms with E-state index in [1.54, 1.807) is 9.80 Å². The number of rotatable bonds is 2. The first kappa shape index (κ1) is 17.0. The predicted octanol–water partition coefficient (Wildman–Crippen LogP) is 3.22. The molecule has 1 fully saturated rings. The van der Waals surface area contributed by atoms with Gasteiger partial charge in [0.25, 0.3) is 5.91 Å². The Kier molecular flexibility index (Phi) is 5.64. The summed E-state index contributed by atoms with van der Waals surface area (Å²) >= 11 is 11.6. The minimum atomic E-state index is -0.674. The van der Waals surface area contributed by atoms with E-state index < -0.39 is 5.82 Å². The summed E-state index contributed by atoms with van der Waals surface area (Å²) in [6.07, 6.45) is 1.13. The van der Waals surface area contributed by atoms with E-state index in [1.807, 2.05) is 6.92 Å². The SMILES string of the molecule is CCC(=O)N1CCCN(C(=O)c2cc(F)c(Cl)cc2Cl)CC1. The van der Waals surface area contributed by atoms with E-state index in [9.17, 15) is 14.0 Å². The van der Waals surface area contributed by atoms with Crippen LogP contribution in [0.2, 0.25) is 10.0 Å². The van der Waals surface area contributed by atoms with E-state index in [2.05, 4.69) is 0 Å². The zero-order chi connectivity index (χ0) is 16.3. The Balaban J connectivity index is 2.13. The van der Waals surface area contributed by atoms with E-state index in [4.69, 9.17) is 23.2 Å². The third kappa shape index (κ3) is 3.70. The van der Waals surface area contributed by atoms with Gasteiger partial charge in [0, 0.05) is 32.6 Å². The van der Waals surface area contributed by atoms with Gasteiger partial charge in [-0.3, -0.25) is 9.59 Å². The van der Waals surface area contributed by atoms with E-state index >= 15 is 0 Å². The Bertz CT molecular complexity index is 595. The average Bonchev–Trinajstić information content (AvgIpc) is 2.75. The Hall–Kier alpha value is -1.33. The molecule has 7 heteroatoms. The van der Waals surface area contributed by atoms with Crippen molar-refractivity contribution < 1.29 is 14.0 Å². The second-order valence-electron chi connectivity index (χ2n) is 5.13. The van der Waals surface area contributed by atoms with Gasteiger partial charge in [0.2, 0.25) is 5.91 Å². The number of carbonyl (C=O) groups is 2. The van der Waals surface area contributed by atoms with Crippen molar-refractivity contribution in [2.75, 3.05) is 26.2 Å². The van der Waals surface area contributed by atoms with Gasteiger partial charge in [0.15, 0.2) is 0 Å². The summed E-state index contributed by atoms with van der Waals surface area (Å²) in [6.45, 7) is 3.83. The summed E-state index contributed by atoms with van der Waals surface area (Å²) in [7, 11) is 0. The first-order valence-electron chi connectivity index (χ1n) is 7.15. The summed E-state index contributed by atoms with van der Waals surface area (Å²) in [5.74, 6) is -0.941. The van der Waals surface area contributed by atoms with Crippen LogP contribution in [0.3, 0.4) is 0 Å². The van der Waals surface area contributed by atoms with Gasteiger partial charge >= 0.3 is 0 Å². The molecule has 0 atom stereocenters. The maximum atomic E-state index is 13.6. The molecule has 1 heterocycles. The zero-order valence-corrected chi connectivity index (χ0v) is 13.8. The summed E-state index contributed by atoms with van der Waals surface area (Å²) in [6, 6.07) is 2.29. The van der Waals surface area contributed by atoms with Crippen LogP contribution in [-0.2, 0) is 4.79 Å². The van der Waals surface area contributed by atoms with Crippen molar-refractivity contribution in [1.82, 2.24) is 9.80 Å². The zero-order valence-electron chi connectivity index (χ0n) is 12.2. The highest BCUT2D eigenvalue weighted by molar-refractivity contribution is 6.36. The highest BCUT2D eigenvalue weighted by Gasteiger charge is 2.24. The van der Waals surface area contributed by atoms with E-state index in [1.165, 1.54) is 6.07 Å². The fourth-order valence-electron chi connectivity index (χ4n) is 2.45. The molecule has 0 unspecified atom stereocenters. The summed E-state index contributed by atoms with van der Waals surface area (Å²) in [5, 5.41) is 0.0132. The minimum Gasteiger partial charge on any atom is -0.341 e. The van der Waals surface area contributed by atoms with Crippen LogP contribution in [0.4, 0.5) is 4.39 Å².